The maximum Gasteiger partial charge on any atom is 0.335 e. The number of rotatable bonds is 34. The molecule has 4 aromatic carbocycles. The molecule has 3 aliphatic rings. The molecule has 27 nitrogen and oxygen atoms in total. The van der Waals surface area contributed by atoms with Gasteiger partial charge in [-0.1, -0.05) is 12.1 Å². The number of ether oxygens (including phenoxy) is 8. The van der Waals surface area contributed by atoms with Crippen LogP contribution >= 0.6 is 0 Å². The van der Waals surface area contributed by atoms with Crippen molar-refractivity contribution in [3.8, 4) is 0 Å². The number of anilines is 1. The quantitative estimate of drug-likeness (QED) is 0.0218. The molecule has 0 radical (unpaired) electrons. The summed E-state index contributed by atoms with van der Waals surface area (Å²) < 4.78 is 191. The molecular formula is C55H70N3O24S4+. The lowest BCUT2D eigenvalue weighted by Crippen LogP contribution is -2.32. The molecule has 0 aliphatic carbocycles. The van der Waals surface area contributed by atoms with E-state index in [1.807, 2.05) is 30.2 Å². The van der Waals surface area contributed by atoms with E-state index in [1.165, 1.54) is 19.2 Å². The van der Waals surface area contributed by atoms with Gasteiger partial charge < -0.3 is 47.6 Å². The lowest BCUT2D eigenvalue weighted by molar-refractivity contribution is -0.442. The lowest BCUT2D eigenvalue weighted by Gasteiger charge is -2.31. The van der Waals surface area contributed by atoms with Gasteiger partial charge in [0.2, 0.25) is 5.69 Å². The predicted octanol–water partition coefficient (Wildman–Crippen LogP) is 4.35. The van der Waals surface area contributed by atoms with E-state index in [0.717, 1.165) is 12.1 Å². The number of allylic oxidation sites excluding steroid dienone is 4. The topological polar surface area (TPSA) is 361 Å². The first kappa shape index (κ1) is 67.8. The van der Waals surface area contributed by atoms with E-state index in [-0.39, 0.29) is 133 Å². The summed E-state index contributed by atoms with van der Waals surface area (Å²) in [5, 5.41) is 0.540. The van der Waals surface area contributed by atoms with Gasteiger partial charge in [0.15, 0.2) is 12.3 Å². The van der Waals surface area contributed by atoms with Crippen LogP contribution in [0, 0.1) is 0 Å². The SMILES string of the molecule is COCCOCCOCCOCCC1(C)/C(=C\C=C\C2=[N+](CCOCCOCCOCCC(=O)ON3C(=O)CCC3=O)c3ccc4c(S(=O)(=O)O)cc(S(=O)(=O)O)cc4c3C2(C)C)N(CCOC)c2ccc3c(S(=O)(=O)O)cc(S(=O)(=O)O)cc3c21. The fourth-order valence-corrected chi connectivity index (χ4v) is 13.3. The fraction of sp³-hybridized carbons (Fsp3) is 0.491. The summed E-state index contributed by atoms with van der Waals surface area (Å²) in [7, 11) is -17.2. The Kier molecular flexibility index (Phi) is 22.6. The molecule has 3 heterocycles. The van der Waals surface area contributed by atoms with Crippen molar-refractivity contribution < 1.29 is 114 Å². The van der Waals surface area contributed by atoms with Gasteiger partial charge in [-0.15, -0.1) is 5.06 Å². The number of imide groups is 1. The van der Waals surface area contributed by atoms with Crippen molar-refractivity contribution >= 4 is 96.9 Å². The van der Waals surface area contributed by atoms with E-state index in [4.69, 9.17) is 42.7 Å². The second-order valence-corrected chi connectivity index (χ2v) is 26.2. The second-order valence-electron chi connectivity index (χ2n) is 20.6. The van der Waals surface area contributed by atoms with Crippen LogP contribution in [0.5, 0.6) is 0 Å². The molecule has 0 saturated carbocycles. The van der Waals surface area contributed by atoms with Crippen LogP contribution in [-0.4, -0.2) is 205 Å². The molecule has 2 amide bonds. The molecule has 4 aromatic rings. The van der Waals surface area contributed by atoms with Gasteiger partial charge in [-0.25, -0.2) is 4.79 Å². The van der Waals surface area contributed by atoms with E-state index in [2.05, 4.69) is 0 Å². The van der Waals surface area contributed by atoms with Gasteiger partial charge in [-0.3, -0.25) is 27.8 Å². The number of carbonyl (C=O) groups is 3. The number of benzene rings is 4. The molecule has 0 spiro atoms. The molecule has 86 heavy (non-hydrogen) atoms. The van der Waals surface area contributed by atoms with E-state index in [1.54, 1.807) is 37.5 Å². The Morgan fingerprint density at radius 3 is 1.57 bits per heavy atom. The summed E-state index contributed by atoms with van der Waals surface area (Å²) in [6.45, 7) is 8.25. The van der Waals surface area contributed by atoms with Gasteiger partial charge >= 0.3 is 5.97 Å². The Morgan fingerprint density at radius 1 is 0.581 bits per heavy atom. The van der Waals surface area contributed by atoms with Crippen LogP contribution in [0.25, 0.3) is 21.5 Å². The zero-order valence-corrected chi connectivity index (χ0v) is 51.2. The first-order valence-corrected chi connectivity index (χ1v) is 32.8. The molecule has 31 heteroatoms. The number of fused-ring (bicyclic) bond motifs is 6. The monoisotopic (exact) mass is 1280 g/mol. The molecule has 3 aliphatic heterocycles. The number of nitrogens with zero attached hydrogens (tertiary/aromatic N) is 3. The summed E-state index contributed by atoms with van der Waals surface area (Å²) in [5.74, 6) is -2.01. The minimum absolute atomic E-state index is 0.0341. The number of hydrogen-bond donors (Lipinski definition) is 4. The van der Waals surface area contributed by atoms with Crippen molar-refractivity contribution in [1.29, 1.82) is 0 Å². The molecule has 0 aromatic heterocycles. The second kappa shape index (κ2) is 28.6. The van der Waals surface area contributed by atoms with Gasteiger partial charge in [0.25, 0.3) is 52.3 Å². The highest BCUT2D eigenvalue weighted by Crippen LogP contribution is 2.54. The van der Waals surface area contributed by atoms with Crippen molar-refractivity contribution in [2.45, 2.75) is 76.9 Å². The van der Waals surface area contributed by atoms with Gasteiger partial charge in [0, 0.05) is 85.5 Å². The molecule has 472 valence electrons. The molecule has 1 saturated heterocycles. The lowest BCUT2D eigenvalue weighted by atomic mass is 9.76. The van der Waals surface area contributed by atoms with E-state index >= 15 is 0 Å². The van der Waals surface area contributed by atoms with E-state index in [9.17, 15) is 66.3 Å². The van der Waals surface area contributed by atoms with Crippen LogP contribution in [0.15, 0.2) is 92.0 Å². The highest BCUT2D eigenvalue weighted by atomic mass is 32.2. The zero-order valence-electron chi connectivity index (χ0n) is 47.9. The van der Waals surface area contributed by atoms with Crippen molar-refractivity contribution in [2.24, 2.45) is 0 Å². The molecule has 4 N–H and O–H groups in total. The van der Waals surface area contributed by atoms with E-state index in [0.29, 0.717) is 70.9 Å². The third-order valence-corrected chi connectivity index (χ3v) is 18.0. The highest BCUT2D eigenvalue weighted by molar-refractivity contribution is 7.87. The average molecular weight is 1290 g/mol. The first-order valence-electron chi connectivity index (χ1n) is 27.0. The minimum Gasteiger partial charge on any atom is -0.383 e. The summed E-state index contributed by atoms with van der Waals surface area (Å²) in [4.78, 5) is 39.1. The van der Waals surface area contributed by atoms with Crippen LogP contribution in [0.2, 0.25) is 0 Å². The number of carbonyl (C=O) groups excluding carboxylic acids is 3. The minimum atomic E-state index is -5.09. The first-order chi connectivity index (χ1) is 40.5. The molecule has 1 atom stereocenters. The summed E-state index contributed by atoms with van der Waals surface area (Å²) in [5.41, 5.74) is 0.673. The third-order valence-electron chi connectivity index (χ3n) is 14.6. The fourth-order valence-electron chi connectivity index (χ4n) is 10.6. The molecule has 0 bridgehead atoms. The van der Waals surface area contributed by atoms with Gasteiger partial charge in [0.1, 0.15) is 16.4 Å². The Balaban J connectivity index is 1.23. The predicted molar refractivity (Wildman–Crippen MR) is 307 cm³/mol. The Morgan fingerprint density at radius 2 is 1.06 bits per heavy atom. The van der Waals surface area contributed by atoms with Crippen LogP contribution in [0.3, 0.4) is 0 Å². The normalized spacial score (nSPS) is 17.8. The summed E-state index contributed by atoms with van der Waals surface area (Å²) >= 11 is 0. The molecule has 1 fully saturated rings. The average Bonchev–Trinajstić information content (AvgIpc) is 1.52. The van der Waals surface area contributed by atoms with Gasteiger partial charge in [-0.05, 0) is 86.0 Å². The van der Waals surface area contributed by atoms with Crippen molar-refractivity contribution in [3.63, 3.8) is 0 Å². The van der Waals surface area contributed by atoms with E-state index < -0.39 is 88.7 Å². The smallest absolute Gasteiger partial charge is 0.335 e. The number of hydrogen-bond acceptors (Lipinski definition) is 21. The van der Waals surface area contributed by atoms with Crippen LogP contribution in [0.4, 0.5) is 11.4 Å². The van der Waals surface area contributed by atoms with Crippen molar-refractivity contribution in [2.75, 3.05) is 125 Å². The molecular weight excluding hydrogens is 1210 g/mol. The van der Waals surface area contributed by atoms with Crippen molar-refractivity contribution in [1.82, 2.24) is 5.06 Å². The standard InChI is InChI=1S/C55H69N3O24S4/c1-54(2)47(56(43-11-9-39-41(52(43)54)33-37(83(62,63)64)35-45(39)85(68,69)70)18-22-78-27-30-80-28-25-76-19-15-51(61)82-58-49(59)13-14-50(58)60)7-6-8-48-55(3,16-20-77-26-29-81-32-31-79-24-23-75-5)53-42-34-38(84(65,66)67)36-46(86(71,72)73)40(42)10-12-44(53)57(48)17-21-74-4/h6-12,33-36H,13-32H2,1-5H3,(H3-,62,63,64,65,66,67,68,69,70,71,72,73)/p+1. The van der Waals surface area contributed by atoms with Crippen molar-refractivity contribution in [3.05, 3.63) is 83.6 Å². The molecule has 1 unspecified atom stereocenters. The van der Waals surface area contributed by atoms with Crippen LogP contribution < -0.4 is 4.90 Å². The van der Waals surface area contributed by atoms with Crippen LogP contribution in [0.1, 0.15) is 57.6 Å². The molecule has 7 rings (SSSR count). The number of hydroxylamine groups is 2. The number of amides is 2. The highest BCUT2D eigenvalue weighted by Gasteiger charge is 2.48. The number of methoxy groups -OCH3 is 2. The maximum absolute atomic E-state index is 13.0. The Labute approximate surface area is 498 Å². The maximum atomic E-state index is 13.0. The summed E-state index contributed by atoms with van der Waals surface area (Å²) in [6, 6.07) is 9.69. The largest absolute Gasteiger partial charge is 0.383 e. The zero-order chi connectivity index (χ0) is 62.8. The third kappa shape index (κ3) is 15.9. The van der Waals surface area contributed by atoms with Gasteiger partial charge in [-0.2, -0.15) is 38.2 Å². The summed E-state index contributed by atoms with van der Waals surface area (Å²) in [6.07, 6.45) is 5.20. The Bertz CT molecular complexity index is 3760. The van der Waals surface area contributed by atoms with Crippen LogP contribution in [-0.2, 0) is 108 Å². The van der Waals surface area contributed by atoms with Gasteiger partial charge in [0.05, 0.1) is 101 Å². The Hall–Kier alpha value is -5.72.